The number of unbranched alkanes of at least 4 members (excludes halogenated alkanes) is 1. The van der Waals surface area contributed by atoms with Crippen molar-refractivity contribution in [2.75, 3.05) is 19.8 Å². The molecule has 0 amide bonds. The van der Waals surface area contributed by atoms with E-state index in [9.17, 15) is 0 Å². The third-order valence-corrected chi connectivity index (χ3v) is 4.43. The molecule has 4 nitrogen and oxygen atoms in total. The normalized spacial score (nSPS) is 16.4. The molecule has 0 radical (unpaired) electrons. The third-order valence-electron chi connectivity index (χ3n) is 4.43. The fraction of sp³-hybridized carbons (Fsp3) is 0.500. The van der Waals surface area contributed by atoms with E-state index in [1.54, 1.807) is 0 Å². The van der Waals surface area contributed by atoms with Crippen LogP contribution in [0.2, 0.25) is 0 Å². The number of ether oxygens (including phenoxy) is 1. The molecular formula is C24H37NO3. The van der Waals surface area contributed by atoms with Crippen LogP contribution in [0.4, 0.5) is 0 Å². The lowest BCUT2D eigenvalue weighted by molar-refractivity contribution is 0.0923. The molecule has 4 heteroatoms. The minimum Gasteiger partial charge on any atom is -0.394 e. The average Bonchev–Trinajstić information content (AvgIpc) is 2.97. The lowest BCUT2D eigenvalue weighted by Gasteiger charge is -2.23. The summed E-state index contributed by atoms with van der Waals surface area (Å²) in [4.78, 5) is 0. The molecule has 0 aliphatic heterocycles. The maximum atomic E-state index is 8.73. The molecule has 1 aliphatic rings. The first-order valence-electron chi connectivity index (χ1n) is 10.2. The summed E-state index contributed by atoms with van der Waals surface area (Å²) in [6, 6.07) is 10.4. The van der Waals surface area contributed by atoms with Crippen LogP contribution in [0.15, 0.2) is 60.7 Å². The summed E-state index contributed by atoms with van der Waals surface area (Å²) in [6.07, 6.45) is 13.3. The van der Waals surface area contributed by atoms with Gasteiger partial charge >= 0.3 is 0 Å². The molecular weight excluding hydrogens is 350 g/mol. The van der Waals surface area contributed by atoms with E-state index in [1.165, 1.54) is 11.1 Å². The van der Waals surface area contributed by atoms with Crippen LogP contribution in [0.3, 0.4) is 0 Å². The highest BCUT2D eigenvalue weighted by molar-refractivity contribution is 5.75. The van der Waals surface area contributed by atoms with Crippen LogP contribution in [-0.4, -0.2) is 41.7 Å². The predicted molar refractivity (Wildman–Crippen MR) is 118 cm³/mol. The number of hydrogen-bond donors (Lipinski definition) is 3. The van der Waals surface area contributed by atoms with Crippen molar-refractivity contribution in [2.45, 2.75) is 51.7 Å². The zero-order valence-corrected chi connectivity index (χ0v) is 17.6. The topological polar surface area (TPSA) is 75.7 Å². The fourth-order valence-electron chi connectivity index (χ4n) is 2.56. The summed E-state index contributed by atoms with van der Waals surface area (Å²) in [5.41, 5.74) is 7.29. The minimum atomic E-state index is -0.754. The van der Waals surface area contributed by atoms with Gasteiger partial charge in [-0.15, -0.1) is 0 Å². The molecule has 0 saturated carbocycles. The molecule has 0 spiro atoms. The number of nitrogens with two attached hydrogens (primary N) is 1. The van der Waals surface area contributed by atoms with Crippen molar-refractivity contribution in [3.8, 4) is 0 Å². The molecule has 156 valence electrons. The predicted octanol–water partition coefficient (Wildman–Crippen LogP) is 4.10. The van der Waals surface area contributed by atoms with E-state index < -0.39 is 5.54 Å². The van der Waals surface area contributed by atoms with E-state index in [4.69, 9.17) is 20.7 Å². The second-order valence-corrected chi connectivity index (χ2v) is 7.71. The van der Waals surface area contributed by atoms with Gasteiger partial charge < -0.3 is 20.7 Å². The lowest BCUT2D eigenvalue weighted by Crippen LogP contribution is -2.47. The summed E-state index contributed by atoms with van der Waals surface area (Å²) < 4.78 is 5.80. The van der Waals surface area contributed by atoms with Crippen molar-refractivity contribution in [3.63, 3.8) is 0 Å². The molecule has 0 heterocycles. The summed E-state index contributed by atoms with van der Waals surface area (Å²) in [7, 11) is 0. The van der Waals surface area contributed by atoms with Crippen molar-refractivity contribution in [1.29, 1.82) is 0 Å². The van der Waals surface area contributed by atoms with Crippen LogP contribution in [-0.2, 0) is 4.74 Å². The molecule has 1 unspecified atom stereocenters. The van der Waals surface area contributed by atoms with Crippen LogP contribution in [0, 0.1) is 5.92 Å². The monoisotopic (exact) mass is 387 g/mol. The Labute approximate surface area is 170 Å². The maximum absolute atomic E-state index is 8.73. The molecule has 0 bridgehead atoms. The summed E-state index contributed by atoms with van der Waals surface area (Å²) in [5.74, 6) is 0.566. The summed E-state index contributed by atoms with van der Waals surface area (Å²) >= 11 is 0. The first-order chi connectivity index (χ1) is 13.4. The molecule has 1 atom stereocenters. The molecule has 4 N–H and O–H groups in total. The SMILES string of the molecule is CC(C)COC1C=CC=C(c2ccccc2)C=C1.CCCCC(N)(CO)CO. The van der Waals surface area contributed by atoms with E-state index in [2.05, 4.69) is 75.4 Å². The van der Waals surface area contributed by atoms with E-state index in [0.29, 0.717) is 12.3 Å². The average molecular weight is 388 g/mol. The number of aliphatic hydroxyl groups is 2. The molecule has 28 heavy (non-hydrogen) atoms. The number of benzene rings is 1. The Morgan fingerprint density at radius 1 is 1.11 bits per heavy atom. The van der Waals surface area contributed by atoms with Crippen molar-refractivity contribution < 1.29 is 14.9 Å². The molecule has 1 aliphatic carbocycles. The Bertz CT molecular complexity index is 616. The van der Waals surface area contributed by atoms with E-state index >= 15 is 0 Å². The zero-order valence-electron chi connectivity index (χ0n) is 17.6. The Balaban J connectivity index is 0.000000336. The van der Waals surface area contributed by atoms with E-state index in [1.807, 2.05) is 6.07 Å². The molecule has 1 aromatic carbocycles. The molecule has 2 rings (SSSR count). The third kappa shape index (κ3) is 9.47. The highest BCUT2D eigenvalue weighted by Gasteiger charge is 2.21. The highest BCUT2D eigenvalue weighted by Crippen LogP contribution is 2.19. The van der Waals surface area contributed by atoms with Gasteiger partial charge in [0.05, 0.1) is 31.5 Å². The van der Waals surface area contributed by atoms with Crippen molar-refractivity contribution in [1.82, 2.24) is 0 Å². The Morgan fingerprint density at radius 3 is 2.36 bits per heavy atom. The lowest BCUT2D eigenvalue weighted by atomic mass is 9.96. The van der Waals surface area contributed by atoms with Crippen LogP contribution >= 0.6 is 0 Å². The van der Waals surface area contributed by atoms with Crippen molar-refractivity contribution in [2.24, 2.45) is 11.7 Å². The van der Waals surface area contributed by atoms with Gasteiger partial charge in [-0.3, -0.25) is 0 Å². The number of allylic oxidation sites excluding steroid dienone is 4. The van der Waals surface area contributed by atoms with Crippen LogP contribution in [0.25, 0.3) is 5.57 Å². The smallest absolute Gasteiger partial charge is 0.0943 e. The standard InChI is InChI=1S/C17H20O.C7H17NO2/c1-14(2)13-18-17-10-6-9-16(11-12-17)15-7-4-3-5-8-15;1-2-3-4-7(8,5-9)6-10/h3-12,14,17H,13H2,1-2H3;9-10H,2-6,8H2,1H3. The van der Waals surface area contributed by atoms with Crippen molar-refractivity contribution >= 4 is 5.57 Å². The summed E-state index contributed by atoms with van der Waals surface area (Å²) in [5, 5.41) is 17.5. The fourth-order valence-corrected chi connectivity index (χ4v) is 2.56. The Morgan fingerprint density at radius 2 is 1.79 bits per heavy atom. The van der Waals surface area contributed by atoms with Crippen molar-refractivity contribution in [3.05, 3.63) is 66.3 Å². The van der Waals surface area contributed by atoms with Gasteiger partial charge in [0, 0.05) is 0 Å². The van der Waals surface area contributed by atoms with E-state index in [0.717, 1.165) is 19.4 Å². The van der Waals surface area contributed by atoms with Gasteiger partial charge in [0.1, 0.15) is 0 Å². The highest BCUT2D eigenvalue weighted by atomic mass is 16.5. The first-order valence-corrected chi connectivity index (χ1v) is 10.2. The minimum absolute atomic E-state index is 0.0878. The molecule has 0 fully saturated rings. The van der Waals surface area contributed by atoms with Gasteiger partial charge in [0.15, 0.2) is 0 Å². The zero-order chi connectivity index (χ0) is 20.8. The summed E-state index contributed by atoms with van der Waals surface area (Å²) in [6.45, 7) is 6.90. The Kier molecular flexibility index (Phi) is 11.7. The van der Waals surface area contributed by atoms with Crippen LogP contribution in [0.1, 0.15) is 45.6 Å². The van der Waals surface area contributed by atoms with Gasteiger partial charge in [-0.25, -0.2) is 0 Å². The van der Waals surface area contributed by atoms with Gasteiger partial charge in [-0.05, 0) is 23.5 Å². The quantitative estimate of drug-likeness (QED) is 0.596. The largest absolute Gasteiger partial charge is 0.394 e. The van der Waals surface area contributed by atoms with E-state index in [-0.39, 0.29) is 19.3 Å². The van der Waals surface area contributed by atoms with Crippen LogP contribution in [0.5, 0.6) is 0 Å². The number of hydrogen-bond acceptors (Lipinski definition) is 4. The molecule has 0 aromatic heterocycles. The van der Waals surface area contributed by atoms with Gasteiger partial charge in [0.2, 0.25) is 0 Å². The number of aliphatic hydroxyl groups excluding tert-OH is 2. The van der Waals surface area contributed by atoms with Gasteiger partial charge in [0.25, 0.3) is 0 Å². The van der Waals surface area contributed by atoms with Gasteiger partial charge in [-0.1, -0.05) is 94.3 Å². The first kappa shape index (κ1) is 24.3. The van der Waals surface area contributed by atoms with Gasteiger partial charge in [-0.2, -0.15) is 0 Å². The second kappa shape index (κ2) is 13.5. The Hall–Kier alpha value is -1.72. The van der Waals surface area contributed by atoms with Crippen LogP contribution < -0.4 is 5.73 Å². The maximum Gasteiger partial charge on any atom is 0.0943 e. The second-order valence-electron chi connectivity index (χ2n) is 7.71. The molecule has 0 saturated heterocycles. The number of rotatable bonds is 9. The molecule has 1 aromatic rings.